The van der Waals surface area contributed by atoms with E-state index in [1.807, 2.05) is 44.2 Å². The minimum atomic E-state index is -1.77. The number of benzene rings is 2. The van der Waals surface area contributed by atoms with Gasteiger partial charge in [0, 0.05) is 37.8 Å². The number of fused-ring (bicyclic) bond motifs is 1. The fourth-order valence-electron chi connectivity index (χ4n) is 5.27. The van der Waals surface area contributed by atoms with Gasteiger partial charge < -0.3 is 34.7 Å². The third-order valence-electron chi connectivity index (χ3n) is 7.02. The summed E-state index contributed by atoms with van der Waals surface area (Å²) in [5.41, 5.74) is 0.926. The number of ether oxygens (including phenoxy) is 2. The van der Waals surface area contributed by atoms with E-state index in [9.17, 15) is 24.7 Å². The second-order valence-corrected chi connectivity index (χ2v) is 12.1. The van der Waals surface area contributed by atoms with Gasteiger partial charge in [0.1, 0.15) is 17.6 Å². The highest BCUT2D eigenvalue weighted by Crippen LogP contribution is 2.37. The Morgan fingerprint density at radius 1 is 1.16 bits per heavy atom. The monoisotopic (exact) mass is 546 g/mol. The number of nitrogens with one attached hydrogen (secondary N) is 1. The van der Waals surface area contributed by atoms with Gasteiger partial charge >= 0.3 is 6.09 Å². The number of rotatable bonds is 11. The number of aliphatic hydroxyl groups is 1. The predicted molar refractivity (Wildman–Crippen MR) is 143 cm³/mol. The molecular weight excluding hydrogens is 508 g/mol. The normalized spacial score (nSPS) is 23.3. The van der Waals surface area contributed by atoms with Gasteiger partial charge in [0.05, 0.1) is 36.2 Å². The van der Waals surface area contributed by atoms with Crippen LogP contribution in [0.5, 0.6) is 11.5 Å². The van der Waals surface area contributed by atoms with E-state index in [4.69, 9.17) is 9.47 Å². The quantitative estimate of drug-likeness (QED) is 0.315. The van der Waals surface area contributed by atoms with Crippen LogP contribution < -0.4 is 5.32 Å². The Labute approximate surface area is 227 Å². The number of phenols is 2. The first-order valence-corrected chi connectivity index (χ1v) is 14.3. The average Bonchev–Trinajstić information content (AvgIpc) is 3.44. The smallest absolute Gasteiger partial charge is 0.407 e. The number of nitrogens with zero attached hydrogens (tertiary/aromatic N) is 1. The summed E-state index contributed by atoms with van der Waals surface area (Å²) < 4.78 is 26.4. The second kappa shape index (κ2) is 13.0. The first-order chi connectivity index (χ1) is 18.2. The lowest BCUT2D eigenvalue weighted by Gasteiger charge is -2.31. The number of hydrogen-bond acceptors (Lipinski definition) is 8. The van der Waals surface area contributed by atoms with E-state index < -0.39 is 29.6 Å². The van der Waals surface area contributed by atoms with Crippen LogP contribution in [0, 0.1) is 11.8 Å². The van der Waals surface area contributed by atoms with Crippen molar-refractivity contribution >= 4 is 17.5 Å². The zero-order valence-electron chi connectivity index (χ0n) is 21.9. The summed E-state index contributed by atoms with van der Waals surface area (Å²) in [5, 5.41) is 33.9. The molecule has 4 rings (SSSR count). The molecule has 4 N–H and O–H groups in total. The Hall–Kier alpha value is -2.50. The topological polar surface area (TPSA) is 135 Å². The maximum atomic E-state index is 13.4. The Balaban J connectivity index is 1.46. The first kappa shape index (κ1) is 28.5. The standard InChI is InChI=1S/C28H38N2O7S/c1-18(2)16-30(38(35)24-13-21(31)12-22(32)14-24)17-26(33)25(10-19-6-4-3-5-7-19)29-28(34)37-23-11-20-8-9-36-27(20)15-23/h3-7,12-14,18,20,23,25-27,31-33H,8-11,15-17H2,1-2H3,(H,29,34)/t20-,23?,25-,26+,27+,38?/m0/s1. The van der Waals surface area contributed by atoms with Gasteiger partial charge in [0.25, 0.3) is 0 Å². The van der Waals surface area contributed by atoms with Gasteiger partial charge in [-0.05, 0) is 36.7 Å². The van der Waals surface area contributed by atoms with E-state index in [1.165, 1.54) is 12.1 Å². The van der Waals surface area contributed by atoms with Crippen LogP contribution >= 0.6 is 0 Å². The molecular formula is C28H38N2O7S. The Kier molecular flexibility index (Phi) is 9.78. The van der Waals surface area contributed by atoms with Gasteiger partial charge in [-0.1, -0.05) is 44.2 Å². The van der Waals surface area contributed by atoms with Crippen molar-refractivity contribution in [2.24, 2.45) is 11.8 Å². The number of carbonyl (C=O) groups excluding carboxylic acids is 1. The van der Waals surface area contributed by atoms with Crippen molar-refractivity contribution in [2.75, 3.05) is 19.7 Å². The largest absolute Gasteiger partial charge is 0.593 e. The fourth-order valence-corrected chi connectivity index (χ4v) is 6.73. The number of phenolic OH excluding ortho intramolecular Hbond substituents is 2. The number of amides is 1. The molecule has 38 heavy (non-hydrogen) atoms. The molecule has 1 saturated carbocycles. The van der Waals surface area contributed by atoms with Crippen molar-refractivity contribution in [1.82, 2.24) is 9.62 Å². The summed E-state index contributed by atoms with van der Waals surface area (Å²) >= 11 is -1.77. The van der Waals surface area contributed by atoms with Crippen LogP contribution in [-0.2, 0) is 27.3 Å². The molecule has 9 nitrogen and oxygen atoms in total. The van der Waals surface area contributed by atoms with Crippen LogP contribution in [0.15, 0.2) is 53.4 Å². The molecule has 208 valence electrons. The van der Waals surface area contributed by atoms with Crippen LogP contribution in [0.3, 0.4) is 0 Å². The summed E-state index contributed by atoms with van der Waals surface area (Å²) in [6, 6.07) is 12.6. The molecule has 1 saturated heterocycles. The zero-order chi connectivity index (χ0) is 27.2. The molecule has 10 heteroatoms. The Morgan fingerprint density at radius 3 is 2.53 bits per heavy atom. The summed E-state index contributed by atoms with van der Waals surface area (Å²) in [7, 11) is 0. The van der Waals surface area contributed by atoms with Crippen LogP contribution in [0.2, 0.25) is 0 Å². The van der Waals surface area contributed by atoms with Crippen molar-refractivity contribution in [3.05, 3.63) is 54.1 Å². The average molecular weight is 547 g/mol. The van der Waals surface area contributed by atoms with Crippen molar-refractivity contribution in [3.8, 4) is 11.5 Å². The predicted octanol–water partition coefficient (Wildman–Crippen LogP) is 3.34. The number of aromatic hydroxyl groups is 2. The molecule has 1 amide bonds. The molecule has 2 aliphatic rings. The van der Waals surface area contributed by atoms with Crippen LogP contribution in [0.4, 0.5) is 4.79 Å². The highest BCUT2D eigenvalue weighted by atomic mass is 32.2. The van der Waals surface area contributed by atoms with Crippen LogP contribution in [-0.4, -0.2) is 74.3 Å². The molecule has 0 bridgehead atoms. The van der Waals surface area contributed by atoms with E-state index in [2.05, 4.69) is 5.32 Å². The molecule has 2 aromatic carbocycles. The van der Waals surface area contributed by atoms with E-state index in [-0.39, 0.29) is 41.1 Å². The number of alkyl carbamates (subject to hydrolysis) is 1. The molecule has 2 fully saturated rings. The summed E-state index contributed by atoms with van der Waals surface area (Å²) in [5.74, 6) is 0.138. The molecule has 0 aromatic heterocycles. The number of carbonyl (C=O) groups is 1. The summed E-state index contributed by atoms with van der Waals surface area (Å²) in [4.78, 5) is 13.1. The molecule has 2 unspecified atom stereocenters. The fraction of sp³-hybridized carbons (Fsp3) is 0.536. The molecule has 1 aliphatic carbocycles. The second-order valence-electron chi connectivity index (χ2n) is 10.6. The lowest BCUT2D eigenvalue weighted by Crippen LogP contribution is -2.51. The maximum Gasteiger partial charge on any atom is 0.407 e. The van der Waals surface area contributed by atoms with Gasteiger partial charge in [0.2, 0.25) is 0 Å². The number of hydrogen-bond donors (Lipinski definition) is 4. The van der Waals surface area contributed by atoms with Crippen molar-refractivity contribution in [3.63, 3.8) is 0 Å². The van der Waals surface area contributed by atoms with Crippen molar-refractivity contribution in [2.45, 2.75) is 68.8 Å². The minimum absolute atomic E-state index is 0.0135. The highest BCUT2D eigenvalue weighted by molar-refractivity contribution is 7.89. The SMILES string of the molecule is CC(C)CN(C[C@@H](O)[C@H](Cc1ccccc1)NC(=O)OC1C[C@@H]2CCO[C@@H]2C1)[S+]([O-])c1cc(O)cc(O)c1. The molecule has 6 atom stereocenters. The summed E-state index contributed by atoms with van der Waals surface area (Å²) in [6.07, 6.45) is 1.06. The molecule has 0 radical (unpaired) electrons. The van der Waals surface area contributed by atoms with Crippen LogP contribution in [0.1, 0.15) is 38.7 Å². The third-order valence-corrected chi connectivity index (χ3v) is 8.42. The number of aliphatic hydroxyl groups excluding tert-OH is 1. The molecule has 1 aliphatic heterocycles. The van der Waals surface area contributed by atoms with Gasteiger partial charge in [0.15, 0.2) is 4.90 Å². The van der Waals surface area contributed by atoms with E-state index in [1.54, 1.807) is 4.31 Å². The lowest BCUT2D eigenvalue weighted by atomic mass is 10.0. The maximum absolute atomic E-state index is 13.4. The Morgan fingerprint density at radius 2 is 1.87 bits per heavy atom. The van der Waals surface area contributed by atoms with Gasteiger partial charge in [-0.25, -0.2) is 4.79 Å². The van der Waals surface area contributed by atoms with E-state index in [0.29, 0.717) is 25.3 Å². The highest BCUT2D eigenvalue weighted by Gasteiger charge is 2.40. The lowest BCUT2D eigenvalue weighted by molar-refractivity contribution is 0.0554. The molecule has 1 heterocycles. The summed E-state index contributed by atoms with van der Waals surface area (Å²) in [6.45, 7) is 5.06. The van der Waals surface area contributed by atoms with E-state index in [0.717, 1.165) is 31.1 Å². The van der Waals surface area contributed by atoms with Crippen molar-refractivity contribution < 1.29 is 34.1 Å². The molecule has 2 aromatic rings. The van der Waals surface area contributed by atoms with Gasteiger partial charge in [-0.3, -0.25) is 0 Å². The van der Waals surface area contributed by atoms with Gasteiger partial charge in [-0.15, -0.1) is 4.31 Å². The third kappa shape index (κ3) is 7.77. The van der Waals surface area contributed by atoms with E-state index >= 15 is 0 Å². The Bertz CT molecular complexity index is 1020. The van der Waals surface area contributed by atoms with Gasteiger partial charge in [-0.2, -0.15) is 0 Å². The first-order valence-electron chi connectivity index (χ1n) is 13.2. The molecule has 0 spiro atoms. The van der Waals surface area contributed by atoms with Crippen LogP contribution in [0.25, 0.3) is 0 Å². The zero-order valence-corrected chi connectivity index (χ0v) is 22.7. The minimum Gasteiger partial charge on any atom is -0.593 e. The van der Waals surface area contributed by atoms with Crippen molar-refractivity contribution in [1.29, 1.82) is 0 Å².